The smallest absolute Gasteiger partial charge is 0.407 e. The van der Waals surface area contributed by atoms with Gasteiger partial charge in [-0.1, -0.05) is 58.0 Å². The van der Waals surface area contributed by atoms with Crippen molar-refractivity contribution in [2.45, 2.75) is 120 Å². The summed E-state index contributed by atoms with van der Waals surface area (Å²) in [5.74, 6) is 1.06. The van der Waals surface area contributed by atoms with Crippen molar-refractivity contribution in [2.75, 3.05) is 20.8 Å². The predicted octanol–water partition coefficient (Wildman–Crippen LogP) is 7.38. The Morgan fingerprint density at radius 2 is 1.39 bits per heavy atom. The highest BCUT2D eigenvalue weighted by Crippen LogP contribution is 2.66. The molecule has 5 N–H and O–H groups in total. The number of alkyl carbamates (subject to hydrolysis) is 2. The molecule has 3 spiro atoms. The largest absolute Gasteiger partial charge is 0.453 e. The minimum Gasteiger partial charge on any atom is -0.453 e. The van der Waals surface area contributed by atoms with Crippen LogP contribution in [-0.2, 0) is 30.1 Å². The van der Waals surface area contributed by atoms with Gasteiger partial charge in [-0.05, 0) is 132 Å². The van der Waals surface area contributed by atoms with Crippen LogP contribution in [0.1, 0.15) is 108 Å². The minimum atomic E-state index is -0.748. The Balaban J connectivity index is 0.809. The zero-order chi connectivity index (χ0) is 45.7. The number of piperidine rings is 1. The first-order chi connectivity index (χ1) is 31.7. The van der Waals surface area contributed by atoms with Crippen molar-refractivity contribution >= 4 is 35.0 Å². The number of aromatic nitrogens is 4. The predicted molar refractivity (Wildman–Crippen MR) is 246 cm³/mol. The highest BCUT2D eigenvalue weighted by atomic mass is 16.5. The molecule has 15 heteroatoms. The number of carbonyl (C=O) groups excluding carboxylic acids is 4. The van der Waals surface area contributed by atoms with Crippen LogP contribution in [0.5, 0.6) is 0 Å². The number of benzene rings is 3. The topological polar surface area (TPSA) is 197 Å². The lowest BCUT2D eigenvalue weighted by Gasteiger charge is -2.37. The number of ether oxygens (including phenoxy) is 2. The van der Waals surface area contributed by atoms with E-state index in [-0.39, 0.29) is 52.1 Å². The lowest BCUT2D eigenvalue weighted by molar-refractivity contribution is -0.140. The van der Waals surface area contributed by atoms with E-state index >= 15 is 0 Å². The molecular formula is C51H57N9O6. The van der Waals surface area contributed by atoms with Crippen LogP contribution >= 0.6 is 0 Å². The molecule has 4 amide bonds. The zero-order valence-corrected chi connectivity index (χ0v) is 38.3. The number of fused-ring (bicyclic) bond motifs is 7. The van der Waals surface area contributed by atoms with Crippen molar-refractivity contribution in [1.29, 1.82) is 0 Å². The van der Waals surface area contributed by atoms with Crippen LogP contribution in [0.25, 0.3) is 44.5 Å². The molecule has 3 saturated carbocycles. The maximum atomic E-state index is 14.3. The van der Waals surface area contributed by atoms with Gasteiger partial charge in [-0.15, -0.1) is 0 Å². The Morgan fingerprint density at radius 3 is 2.05 bits per heavy atom. The molecule has 6 atom stereocenters. The number of likely N-dealkylation sites (tertiary alicyclic amines) is 2. The molecule has 3 aromatic carbocycles. The van der Waals surface area contributed by atoms with Crippen LogP contribution in [0.15, 0.2) is 60.8 Å². The fraction of sp³-hybridized carbons (Fsp3) is 0.490. The van der Waals surface area contributed by atoms with Crippen LogP contribution in [0, 0.1) is 17.3 Å². The Hall–Kier alpha value is -6.22. The fourth-order valence-electron chi connectivity index (χ4n) is 12.6. The van der Waals surface area contributed by atoms with E-state index < -0.39 is 29.9 Å². The number of nitrogens with one attached hydrogen (secondary N) is 5. The van der Waals surface area contributed by atoms with E-state index in [0.717, 1.165) is 96.4 Å². The van der Waals surface area contributed by atoms with E-state index in [4.69, 9.17) is 19.4 Å². The lowest BCUT2D eigenvalue weighted by atomic mass is 9.90. The van der Waals surface area contributed by atoms with E-state index in [1.54, 1.807) is 0 Å². The van der Waals surface area contributed by atoms with Gasteiger partial charge in [-0.25, -0.2) is 19.6 Å². The molecule has 0 radical (unpaired) electrons. The summed E-state index contributed by atoms with van der Waals surface area (Å²) >= 11 is 0. The van der Waals surface area contributed by atoms with Crippen LogP contribution in [0.3, 0.4) is 0 Å². The Morgan fingerprint density at radius 1 is 0.758 bits per heavy atom. The van der Waals surface area contributed by atoms with E-state index in [1.165, 1.54) is 36.5 Å². The first-order valence-corrected chi connectivity index (χ1v) is 23.7. The molecule has 66 heavy (non-hydrogen) atoms. The van der Waals surface area contributed by atoms with E-state index in [1.807, 2.05) is 43.7 Å². The fourth-order valence-corrected chi connectivity index (χ4v) is 12.6. The summed E-state index contributed by atoms with van der Waals surface area (Å²) in [7, 11) is 2.63. The average Bonchev–Trinajstić information content (AvgIpc) is 4.12. The van der Waals surface area contributed by atoms with Gasteiger partial charge in [-0.3, -0.25) is 14.9 Å². The highest BCUT2D eigenvalue weighted by Gasteiger charge is 2.82. The Kier molecular flexibility index (Phi) is 8.84. The molecule has 6 fully saturated rings. The molecule has 7 aliphatic rings. The summed E-state index contributed by atoms with van der Waals surface area (Å²) < 4.78 is 9.75. The normalized spacial score (nSPS) is 26.1. The zero-order valence-electron chi connectivity index (χ0n) is 38.3. The van der Waals surface area contributed by atoms with Crippen LogP contribution in [0.2, 0.25) is 0 Å². The molecule has 2 aromatic heterocycles. The summed E-state index contributed by atoms with van der Waals surface area (Å²) in [5.41, 5.74) is 10.3. The number of aromatic amines is 2. The molecule has 1 unspecified atom stereocenters. The van der Waals surface area contributed by atoms with E-state index in [0.29, 0.717) is 6.54 Å². The third-order valence-electron chi connectivity index (χ3n) is 16.5. The molecular weight excluding hydrogens is 835 g/mol. The van der Waals surface area contributed by atoms with Crippen molar-refractivity contribution in [3.8, 4) is 33.5 Å². The van der Waals surface area contributed by atoms with Gasteiger partial charge in [0.2, 0.25) is 11.8 Å². The number of hydrogen-bond acceptors (Lipinski definition) is 9. The van der Waals surface area contributed by atoms with Gasteiger partial charge >= 0.3 is 12.2 Å². The van der Waals surface area contributed by atoms with Gasteiger partial charge in [0.1, 0.15) is 17.9 Å². The van der Waals surface area contributed by atoms with Crippen LogP contribution in [-0.4, -0.2) is 98.2 Å². The molecule has 4 aliphatic carbocycles. The first kappa shape index (κ1) is 41.2. The van der Waals surface area contributed by atoms with Gasteiger partial charge in [0.05, 0.1) is 48.7 Å². The Bertz CT molecular complexity index is 2890. The van der Waals surface area contributed by atoms with Crippen molar-refractivity contribution in [3.63, 3.8) is 0 Å². The average molecular weight is 892 g/mol. The molecule has 15 nitrogen and oxygen atoms in total. The number of hydrogen-bond donors (Lipinski definition) is 5. The second-order valence-corrected chi connectivity index (χ2v) is 21.0. The summed E-state index contributed by atoms with van der Waals surface area (Å²) in [5, 5.41) is 9.31. The number of nitrogens with zero attached hydrogens (tertiary/aromatic N) is 4. The second-order valence-electron chi connectivity index (χ2n) is 21.0. The van der Waals surface area contributed by atoms with Crippen molar-refractivity contribution in [1.82, 2.24) is 45.7 Å². The number of H-pyrrole nitrogens is 2. The highest BCUT2D eigenvalue weighted by molar-refractivity contribution is 5.91. The monoisotopic (exact) mass is 891 g/mol. The van der Waals surface area contributed by atoms with Crippen molar-refractivity contribution in [2.24, 2.45) is 17.3 Å². The summed E-state index contributed by atoms with van der Waals surface area (Å²) in [4.78, 5) is 74.2. The summed E-state index contributed by atoms with van der Waals surface area (Å²) in [6.07, 6.45) is 8.59. The molecule has 3 saturated heterocycles. The number of imidazole rings is 2. The quantitative estimate of drug-likeness (QED) is 0.0889. The molecule has 342 valence electrons. The summed E-state index contributed by atoms with van der Waals surface area (Å²) in [6.45, 7) is 8.41. The number of methoxy groups -OCH3 is 2. The van der Waals surface area contributed by atoms with E-state index in [9.17, 15) is 19.2 Å². The summed E-state index contributed by atoms with van der Waals surface area (Å²) in [6, 6.07) is 18.5. The van der Waals surface area contributed by atoms with Gasteiger partial charge in [0.15, 0.2) is 11.5 Å². The molecule has 2 bridgehead atoms. The third-order valence-corrected chi connectivity index (χ3v) is 16.5. The SMILES string of the molecule is COC(=O)NC(C(=O)N1[C@@H]2CC[C@]3(C2)N[C@]13c1nc2ccc(-c3ccc4c(c3)C3(CC3)c3cc(-c5cnc([C@@H]6CC7(CC7)CN6C(=O)[C@@H](NC(=O)OC)C(C)C)[nH]5)ccc3-4)cc2[nH]1)C(C)C. The van der Waals surface area contributed by atoms with Crippen LogP contribution < -0.4 is 16.0 Å². The van der Waals surface area contributed by atoms with Crippen molar-refractivity contribution < 1.29 is 28.7 Å². The molecule has 5 aromatic rings. The van der Waals surface area contributed by atoms with Gasteiger partial charge in [0.25, 0.3) is 0 Å². The maximum Gasteiger partial charge on any atom is 0.407 e. The van der Waals surface area contributed by atoms with Crippen LogP contribution in [0.4, 0.5) is 9.59 Å². The lowest BCUT2D eigenvalue weighted by Crippen LogP contribution is -2.57. The third kappa shape index (κ3) is 5.89. The maximum absolute atomic E-state index is 14.3. The van der Waals surface area contributed by atoms with Gasteiger partial charge in [0, 0.05) is 18.0 Å². The minimum absolute atomic E-state index is 0.0458. The molecule has 12 rings (SSSR count). The van der Waals surface area contributed by atoms with Gasteiger partial charge in [-0.2, -0.15) is 0 Å². The number of carbonyl (C=O) groups is 4. The standard InChI is InChI=1S/C51H57N9O6/c1-26(2)40(56-46(63)65-5)43(61)59-25-48(15-16-48)23-39(59)42-52-24-38(53-42)30-8-11-33-32-10-7-28(19-34(32)49(17-18-49)35(33)20-30)29-9-12-36-37(21-29)55-45(54-36)51-50(58-51)14-13-31(22-50)60(51)44(62)41(27(3)4)57-47(64)66-6/h7-12,19-21,24,26-27,31,39-41,58H,13-18,22-23,25H2,1-6H3,(H,52,53)(H,54,55)(H,56,63)(H,57,64)/t31-,39+,40+,41?,50-,51-/m1/s1. The number of amides is 4. The Labute approximate surface area is 383 Å². The van der Waals surface area contributed by atoms with E-state index in [2.05, 4.69) is 80.5 Å². The second kappa shape index (κ2) is 14.1. The number of rotatable bonds is 10. The first-order valence-electron chi connectivity index (χ1n) is 23.7. The molecule has 5 heterocycles. The van der Waals surface area contributed by atoms with Crippen molar-refractivity contribution in [3.05, 3.63) is 83.6 Å². The van der Waals surface area contributed by atoms with Gasteiger partial charge < -0.3 is 39.9 Å². The molecule has 3 aliphatic heterocycles.